The number of carbonyl (C=O) groups excluding carboxylic acids is 2. The summed E-state index contributed by atoms with van der Waals surface area (Å²) < 4.78 is 41.8. The third-order valence-electron chi connectivity index (χ3n) is 2.22. The molecular formula is C11H11F3N2O4. The molecule has 1 aromatic rings. The summed E-state index contributed by atoms with van der Waals surface area (Å²) >= 11 is 0. The Balaban J connectivity index is 2.86. The minimum Gasteiger partial charge on any atom is -0.465 e. The summed E-state index contributed by atoms with van der Waals surface area (Å²) in [4.78, 5) is 22.4. The topological polar surface area (TPSA) is 87.7 Å². The van der Waals surface area contributed by atoms with E-state index in [1.807, 2.05) is 5.32 Å². The van der Waals surface area contributed by atoms with Gasteiger partial charge in [-0.05, 0) is 12.1 Å². The lowest BCUT2D eigenvalue weighted by Gasteiger charge is -2.28. The van der Waals surface area contributed by atoms with Gasteiger partial charge in [-0.2, -0.15) is 13.2 Å². The van der Waals surface area contributed by atoms with E-state index in [0.717, 1.165) is 5.32 Å². The minimum absolute atomic E-state index is 0.180. The van der Waals surface area contributed by atoms with Gasteiger partial charge in [0, 0.05) is 5.69 Å². The molecule has 1 atom stereocenters. The number of amides is 2. The summed E-state index contributed by atoms with van der Waals surface area (Å²) in [5, 5.41) is 12.5. The Labute approximate surface area is 111 Å². The number of anilines is 1. The highest BCUT2D eigenvalue weighted by molar-refractivity contribution is 5.93. The molecule has 0 saturated heterocycles. The van der Waals surface area contributed by atoms with E-state index in [-0.39, 0.29) is 5.69 Å². The maximum absolute atomic E-state index is 12.6. The van der Waals surface area contributed by atoms with Gasteiger partial charge in [-0.3, -0.25) is 5.32 Å². The van der Waals surface area contributed by atoms with Crippen LogP contribution in [0.5, 0.6) is 0 Å². The lowest BCUT2D eigenvalue weighted by molar-refractivity contribution is -0.267. The molecule has 0 aliphatic rings. The van der Waals surface area contributed by atoms with Crippen molar-refractivity contribution in [1.29, 1.82) is 0 Å². The van der Waals surface area contributed by atoms with Gasteiger partial charge in [0.15, 0.2) is 0 Å². The van der Waals surface area contributed by atoms with Crippen LogP contribution in [0.3, 0.4) is 0 Å². The minimum atomic E-state index is -5.44. The third kappa shape index (κ3) is 3.38. The molecule has 1 aromatic carbocycles. The number of para-hydroxylation sites is 1. The highest BCUT2D eigenvalue weighted by Crippen LogP contribution is 2.29. The zero-order valence-corrected chi connectivity index (χ0v) is 10.2. The molecule has 6 nitrogen and oxygen atoms in total. The molecule has 0 aromatic heterocycles. The summed E-state index contributed by atoms with van der Waals surface area (Å²) in [6.07, 6.45) is -5.44. The SMILES string of the molecule is COC(=O)C(O)(NC(=O)Nc1ccccc1)C(F)(F)F. The molecule has 110 valence electrons. The monoisotopic (exact) mass is 292 g/mol. The number of alkyl halides is 3. The molecule has 0 radical (unpaired) electrons. The Morgan fingerprint density at radius 1 is 1.20 bits per heavy atom. The van der Waals surface area contributed by atoms with Crippen molar-refractivity contribution in [3.8, 4) is 0 Å². The van der Waals surface area contributed by atoms with Crippen LogP contribution in [0.1, 0.15) is 0 Å². The molecule has 0 aliphatic carbocycles. The van der Waals surface area contributed by atoms with Crippen molar-refractivity contribution in [3.63, 3.8) is 0 Å². The molecule has 0 bridgehead atoms. The third-order valence-corrected chi connectivity index (χ3v) is 2.22. The van der Waals surface area contributed by atoms with Gasteiger partial charge in [0.2, 0.25) is 0 Å². The summed E-state index contributed by atoms with van der Waals surface area (Å²) in [6.45, 7) is 0. The van der Waals surface area contributed by atoms with Crippen molar-refractivity contribution in [2.75, 3.05) is 12.4 Å². The number of carbonyl (C=O) groups is 2. The largest absolute Gasteiger partial charge is 0.465 e. The van der Waals surface area contributed by atoms with Crippen LogP contribution in [0.4, 0.5) is 23.7 Å². The first-order valence-corrected chi connectivity index (χ1v) is 5.22. The second-order valence-electron chi connectivity index (χ2n) is 3.64. The van der Waals surface area contributed by atoms with Crippen LogP contribution in [0.2, 0.25) is 0 Å². The molecule has 3 N–H and O–H groups in total. The summed E-state index contributed by atoms with van der Waals surface area (Å²) in [6, 6.07) is 6.09. The van der Waals surface area contributed by atoms with E-state index in [9.17, 15) is 27.9 Å². The number of rotatable bonds is 3. The first-order chi connectivity index (χ1) is 9.20. The van der Waals surface area contributed by atoms with Crippen LogP contribution < -0.4 is 10.6 Å². The Morgan fingerprint density at radius 3 is 2.20 bits per heavy atom. The Morgan fingerprint density at radius 2 is 1.75 bits per heavy atom. The number of ether oxygens (including phenoxy) is 1. The first kappa shape index (κ1) is 15.8. The average Bonchev–Trinajstić information content (AvgIpc) is 2.37. The number of methoxy groups -OCH3 is 1. The molecule has 0 saturated carbocycles. The van der Waals surface area contributed by atoms with Gasteiger partial charge in [0.05, 0.1) is 7.11 Å². The Hall–Kier alpha value is -2.29. The van der Waals surface area contributed by atoms with Gasteiger partial charge >= 0.3 is 23.9 Å². The van der Waals surface area contributed by atoms with Gasteiger partial charge in [-0.1, -0.05) is 18.2 Å². The molecule has 0 spiro atoms. The number of halogens is 3. The van der Waals surface area contributed by atoms with E-state index >= 15 is 0 Å². The fourth-order valence-corrected chi connectivity index (χ4v) is 1.23. The Bertz CT molecular complexity index is 492. The number of aliphatic hydroxyl groups is 1. The Kier molecular flexibility index (Phi) is 4.56. The molecular weight excluding hydrogens is 281 g/mol. The number of hydrogen-bond donors (Lipinski definition) is 3. The van der Waals surface area contributed by atoms with Crippen LogP contribution in [0.25, 0.3) is 0 Å². The normalized spacial score (nSPS) is 14.1. The van der Waals surface area contributed by atoms with Crippen LogP contribution in [0.15, 0.2) is 30.3 Å². The van der Waals surface area contributed by atoms with Gasteiger partial charge in [0.25, 0.3) is 0 Å². The predicted molar refractivity (Wildman–Crippen MR) is 61.6 cm³/mol. The van der Waals surface area contributed by atoms with Crippen molar-refractivity contribution in [1.82, 2.24) is 5.32 Å². The molecule has 0 fully saturated rings. The second kappa shape index (κ2) is 5.78. The van der Waals surface area contributed by atoms with Crippen molar-refractivity contribution in [3.05, 3.63) is 30.3 Å². The maximum Gasteiger partial charge on any atom is 0.448 e. The standard InChI is InChI=1S/C11H11F3N2O4/c1-20-8(17)10(19,11(12,13)14)16-9(18)15-7-5-3-2-4-6-7/h2-6,19H,1H3,(H2,15,16,18). The summed E-state index contributed by atoms with van der Waals surface area (Å²) in [5.41, 5.74) is -3.94. The molecule has 0 heterocycles. The maximum atomic E-state index is 12.6. The fourth-order valence-electron chi connectivity index (χ4n) is 1.23. The number of benzene rings is 1. The lowest BCUT2D eigenvalue weighted by atomic mass is 10.2. The van der Waals surface area contributed by atoms with E-state index < -0.39 is 23.9 Å². The van der Waals surface area contributed by atoms with Gasteiger partial charge in [-0.25, -0.2) is 9.59 Å². The molecule has 1 unspecified atom stereocenters. The van der Waals surface area contributed by atoms with Crippen LogP contribution in [-0.4, -0.2) is 36.1 Å². The number of esters is 1. The zero-order valence-electron chi connectivity index (χ0n) is 10.2. The average molecular weight is 292 g/mol. The molecule has 1 rings (SSSR count). The summed E-state index contributed by atoms with van der Waals surface area (Å²) in [5.74, 6) is -2.05. The molecule has 9 heteroatoms. The molecule has 0 aliphatic heterocycles. The zero-order chi connectivity index (χ0) is 15.4. The molecule has 2 amide bonds. The van der Waals surface area contributed by atoms with Crippen molar-refractivity contribution < 1.29 is 32.6 Å². The predicted octanol–water partition coefficient (Wildman–Crippen LogP) is 1.23. The number of hydrogen-bond acceptors (Lipinski definition) is 4. The lowest BCUT2D eigenvalue weighted by Crippen LogP contribution is -2.65. The quantitative estimate of drug-likeness (QED) is 0.577. The molecule has 20 heavy (non-hydrogen) atoms. The number of nitrogens with one attached hydrogen (secondary N) is 2. The van der Waals surface area contributed by atoms with Crippen molar-refractivity contribution >= 4 is 17.7 Å². The summed E-state index contributed by atoms with van der Waals surface area (Å²) in [7, 11) is 0.649. The van der Waals surface area contributed by atoms with Crippen LogP contribution >= 0.6 is 0 Å². The van der Waals surface area contributed by atoms with E-state index in [4.69, 9.17) is 0 Å². The first-order valence-electron chi connectivity index (χ1n) is 5.22. The van der Waals surface area contributed by atoms with Gasteiger partial charge in [-0.15, -0.1) is 0 Å². The van der Waals surface area contributed by atoms with Crippen LogP contribution in [0, 0.1) is 0 Å². The van der Waals surface area contributed by atoms with E-state index in [2.05, 4.69) is 4.74 Å². The number of urea groups is 1. The fraction of sp³-hybridized carbons (Fsp3) is 0.273. The van der Waals surface area contributed by atoms with Crippen LogP contribution in [-0.2, 0) is 9.53 Å². The highest BCUT2D eigenvalue weighted by Gasteiger charge is 2.62. The van der Waals surface area contributed by atoms with E-state index in [1.165, 1.54) is 24.3 Å². The van der Waals surface area contributed by atoms with Gasteiger partial charge in [0.1, 0.15) is 0 Å². The van der Waals surface area contributed by atoms with E-state index in [0.29, 0.717) is 7.11 Å². The second-order valence-corrected chi connectivity index (χ2v) is 3.64. The van der Waals surface area contributed by atoms with E-state index in [1.54, 1.807) is 6.07 Å². The van der Waals surface area contributed by atoms with Crippen molar-refractivity contribution in [2.45, 2.75) is 11.9 Å². The highest BCUT2D eigenvalue weighted by atomic mass is 19.4. The van der Waals surface area contributed by atoms with Crippen molar-refractivity contribution in [2.24, 2.45) is 0 Å². The van der Waals surface area contributed by atoms with Gasteiger partial charge < -0.3 is 15.2 Å². The smallest absolute Gasteiger partial charge is 0.448 e.